The second-order valence-corrected chi connectivity index (χ2v) is 11.0. The van der Waals surface area contributed by atoms with Crippen LogP contribution in [0.25, 0.3) is 11.1 Å². The minimum absolute atomic E-state index is 0.118. The maximum absolute atomic E-state index is 12.8. The Morgan fingerprint density at radius 2 is 1.77 bits per heavy atom. The predicted octanol–water partition coefficient (Wildman–Crippen LogP) is 6.70. The fourth-order valence-corrected chi connectivity index (χ4v) is 5.50. The molecule has 1 aliphatic rings. The Kier molecular flexibility index (Phi) is 7.31. The van der Waals surface area contributed by atoms with E-state index in [1.54, 1.807) is 0 Å². The maximum atomic E-state index is 12.8. The van der Waals surface area contributed by atoms with Crippen LogP contribution in [0.2, 0.25) is 0 Å². The summed E-state index contributed by atoms with van der Waals surface area (Å²) in [5, 5.41) is 5.25. The van der Waals surface area contributed by atoms with Gasteiger partial charge in [0.15, 0.2) is 6.61 Å². The molecule has 0 saturated carbocycles. The highest BCUT2D eigenvalue weighted by atomic mass is 32.1. The highest BCUT2D eigenvalue weighted by Crippen LogP contribution is 2.38. The summed E-state index contributed by atoms with van der Waals surface area (Å²) in [6, 6.07) is 12.3. The van der Waals surface area contributed by atoms with Gasteiger partial charge in [-0.25, -0.2) is 4.79 Å². The van der Waals surface area contributed by atoms with Crippen molar-refractivity contribution < 1.29 is 19.1 Å². The molecule has 6 heteroatoms. The summed E-state index contributed by atoms with van der Waals surface area (Å²) in [5.74, 6) is -0.106. The SMILES string of the molecule is COC(=O)c1c(-c2ccc3c(c2)CCCC3)csc1NC(=O)COc1ccc(C)cc1C(C)(C)C. The Morgan fingerprint density at radius 1 is 1.03 bits per heavy atom. The Labute approximate surface area is 211 Å². The summed E-state index contributed by atoms with van der Waals surface area (Å²) < 4.78 is 11.0. The lowest BCUT2D eigenvalue weighted by atomic mass is 9.85. The predicted molar refractivity (Wildman–Crippen MR) is 142 cm³/mol. The summed E-state index contributed by atoms with van der Waals surface area (Å²) in [5.41, 5.74) is 6.91. The minimum atomic E-state index is -0.469. The smallest absolute Gasteiger partial charge is 0.341 e. The highest BCUT2D eigenvalue weighted by molar-refractivity contribution is 7.15. The molecule has 0 saturated heterocycles. The number of anilines is 1. The minimum Gasteiger partial charge on any atom is -0.483 e. The number of rotatable bonds is 6. The molecule has 0 bridgehead atoms. The molecule has 1 heterocycles. The van der Waals surface area contributed by atoms with Crippen molar-refractivity contribution in [3.8, 4) is 16.9 Å². The molecule has 4 rings (SSSR count). The number of amides is 1. The van der Waals surface area contributed by atoms with Gasteiger partial charge in [0.25, 0.3) is 5.91 Å². The van der Waals surface area contributed by atoms with Crippen molar-refractivity contribution in [1.82, 2.24) is 0 Å². The molecule has 0 fully saturated rings. The van der Waals surface area contributed by atoms with E-state index < -0.39 is 5.97 Å². The number of methoxy groups -OCH3 is 1. The number of thiophene rings is 1. The molecule has 2 aromatic carbocycles. The molecule has 3 aromatic rings. The Balaban J connectivity index is 1.55. The van der Waals surface area contributed by atoms with Crippen LogP contribution in [0.3, 0.4) is 0 Å². The largest absolute Gasteiger partial charge is 0.483 e. The fourth-order valence-electron chi connectivity index (χ4n) is 4.53. The molecule has 0 spiro atoms. The summed E-state index contributed by atoms with van der Waals surface area (Å²) in [6.07, 6.45) is 4.55. The van der Waals surface area contributed by atoms with Crippen LogP contribution in [-0.4, -0.2) is 25.6 Å². The van der Waals surface area contributed by atoms with E-state index in [0.29, 0.717) is 16.3 Å². The van der Waals surface area contributed by atoms with E-state index in [2.05, 4.69) is 50.4 Å². The first-order valence-electron chi connectivity index (χ1n) is 12.0. The van der Waals surface area contributed by atoms with Crippen LogP contribution < -0.4 is 10.1 Å². The van der Waals surface area contributed by atoms with Crippen LogP contribution in [0.1, 0.15) is 66.2 Å². The lowest BCUT2D eigenvalue weighted by Gasteiger charge is -2.23. The van der Waals surface area contributed by atoms with Crippen LogP contribution in [0.15, 0.2) is 41.8 Å². The van der Waals surface area contributed by atoms with Gasteiger partial charge >= 0.3 is 5.97 Å². The number of hydrogen-bond acceptors (Lipinski definition) is 5. The number of ether oxygens (including phenoxy) is 2. The van der Waals surface area contributed by atoms with Gasteiger partial charge in [0.2, 0.25) is 0 Å². The zero-order chi connectivity index (χ0) is 25.2. The number of benzene rings is 2. The van der Waals surface area contributed by atoms with Crippen molar-refractivity contribution >= 4 is 28.2 Å². The normalized spacial score (nSPS) is 13.2. The van der Waals surface area contributed by atoms with Crippen LogP contribution in [0.5, 0.6) is 5.75 Å². The fraction of sp³-hybridized carbons (Fsp3) is 0.379. The lowest BCUT2D eigenvalue weighted by Crippen LogP contribution is -2.22. The standard InChI is InChI=1S/C29H33NO4S/c1-18-10-13-24(23(14-18)29(2,3)4)34-16-25(31)30-27-26(28(32)33-5)22(17-35-27)21-12-11-19-8-6-7-9-20(19)15-21/h10-15,17H,6-9,16H2,1-5H3,(H,30,31). The average Bonchev–Trinajstić information content (AvgIpc) is 3.25. The van der Waals surface area contributed by atoms with Crippen molar-refractivity contribution in [3.63, 3.8) is 0 Å². The van der Waals surface area contributed by atoms with Gasteiger partial charge in [0.05, 0.1) is 7.11 Å². The molecule has 184 valence electrons. The van der Waals surface area contributed by atoms with E-state index in [0.717, 1.165) is 35.1 Å². The molecule has 1 N–H and O–H groups in total. The number of hydrogen-bond donors (Lipinski definition) is 1. The van der Waals surface area contributed by atoms with E-state index in [1.165, 1.54) is 42.4 Å². The summed E-state index contributed by atoms with van der Waals surface area (Å²) in [7, 11) is 1.36. The molecular formula is C29H33NO4S. The summed E-state index contributed by atoms with van der Waals surface area (Å²) >= 11 is 1.32. The third kappa shape index (κ3) is 5.59. The first-order valence-corrected chi connectivity index (χ1v) is 12.9. The zero-order valence-electron chi connectivity index (χ0n) is 21.1. The highest BCUT2D eigenvalue weighted by Gasteiger charge is 2.24. The van der Waals surface area contributed by atoms with Crippen LogP contribution in [0.4, 0.5) is 5.00 Å². The molecule has 0 atom stereocenters. The van der Waals surface area contributed by atoms with Gasteiger partial charge < -0.3 is 14.8 Å². The van der Waals surface area contributed by atoms with Gasteiger partial charge in [-0.15, -0.1) is 11.3 Å². The van der Waals surface area contributed by atoms with Crippen molar-refractivity contribution in [2.24, 2.45) is 0 Å². The molecular weight excluding hydrogens is 458 g/mol. The number of carbonyl (C=O) groups is 2. The Morgan fingerprint density at radius 3 is 2.49 bits per heavy atom. The number of aryl methyl sites for hydroxylation is 3. The first kappa shape index (κ1) is 25.0. The molecule has 35 heavy (non-hydrogen) atoms. The van der Waals surface area contributed by atoms with E-state index in [9.17, 15) is 9.59 Å². The monoisotopic (exact) mass is 491 g/mol. The van der Waals surface area contributed by atoms with Crippen LogP contribution >= 0.6 is 11.3 Å². The van der Waals surface area contributed by atoms with Crippen molar-refractivity contribution in [3.05, 3.63) is 69.6 Å². The number of nitrogens with one attached hydrogen (secondary N) is 1. The van der Waals surface area contributed by atoms with Crippen LogP contribution in [-0.2, 0) is 27.8 Å². The second-order valence-electron chi connectivity index (χ2n) is 10.1. The Hall–Kier alpha value is -3.12. The first-order chi connectivity index (χ1) is 16.7. The number of carbonyl (C=O) groups excluding carboxylic acids is 2. The lowest BCUT2D eigenvalue weighted by molar-refractivity contribution is -0.118. The molecule has 1 aromatic heterocycles. The molecule has 0 aliphatic heterocycles. The number of fused-ring (bicyclic) bond motifs is 1. The molecule has 5 nitrogen and oxygen atoms in total. The molecule has 0 unspecified atom stereocenters. The molecule has 1 aliphatic carbocycles. The zero-order valence-corrected chi connectivity index (χ0v) is 21.9. The number of esters is 1. The summed E-state index contributed by atoms with van der Waals surface area (Å²) in [6.45, 7) is 8.23. The Bertz CT molecular complexity index is 1250. The summed E-state index contributed by atoms with van der Waals surface area (Å²) in [4.78, 5) is 25.6. The van der Waals surface area contributed by atoms with E-state index in [1.807, 2.05) is 24.4 Å². The van der Waals surface area contributed by atoms with Gasteiger partial charge in [0, 0.05) is 10.9 Å². The van der Waals surface area contributed by atoms with Crippen molar-refractivity contribution in [2.75, 3.05) is 19.0 Å². The molecule has 1 amide bonds. The van der Waals surface area contributed by atoms with Crippen molar-refractivity contribution in [2.45, 2.75) is 58.8 Å². The van der Waals surface area contributed by atoms with Gasteiger partial charge in [0.1, 0.15) is 16.3 Å². The maximum Gasteiger partial charge on any atom is 0.341 e. The second kappa shape index (κ2) is 10.2. The van der Waals surface area contributed by atoms with Gasteiger partial charge in [-0.05, 0) is 66.3 Å². The third-order valence-corrected chi connectivity index (χ3v) is 7.29. The van der Waals surface area contributed by atoms with Gasteiger partial charge in [-0.3, -0.25) is 4.79 Å². The van der Waals surface area contributed by atoms with Crippen molar-refractivity contribution in [1.29, 1.82) is 0 Å². The van der Waals surface area contributed by atoms with E-state index in [4.69, 9.17) is 9.47 Å². The average molecular weight is 492 g/mol. The van der Waals surface area contributed by atoms with E-state index >= 15 is 0 Å². The van der Waals surface area contributed by atoms with E-state index in [-0.39, 0.29) is 17.9 Å². The quantitative estimate of drug-likeness (QED) is 0.390. The molecule has 0 radical (unpaired) electrons. The third-order valence-electron chi connectivity index (χ3n) is 6.39. The van der Waals surface area contributed by atoms with Crippen LogP contribution in [0, 0.1) is 6.92 Å². The van der Waals surface area contributed by atoms with Gasteiger partial charge in [-0.2, -0.15) is 0 Å². The van der Waals surface area contributed by atoms with Gasteiger partial charge in [-0.1, -0.05) is 56.7 Å². The topological polar surface area (TPSA) is 64.6 Å².